The molecule has 0 aliphatic heterocycles. The standard InChI is InChI=1S/C4H5ClN2OS/c1-9(5,8)4-2-3-6-7-4/h2-3H,1H2,(H,6,7). The zero-order valence-electron chi connectivity index (χ0n) is 4.50. The van der Waals surface area contributed by atoms with Gasteiger partial charge in [-0.25, -0.2) is 4.21 Å². The summed E-state index contributed by atoms with van der Waals surface area (Å²) < 4.78 is 10.8. The molecule has 0 fully saturated rings. The largest absolute Gasteiger partial charge is 0.269 e. The number of hydrogen-bond donors (Lipinski definition) is 1. The predicted octanol–water partition coefficient (Wildman–Crippen LogP) is 0.639. The van der Waals surface area contributed by atoms with E-state index in [0.717, 1.165) is 0 Å². The second kappa shape index (κ2) is 2.04. The third-order valence-corrected chi connectivity index (χ3v) is 2.19. The number of H-pyrrole nitrogens is 1. The van der Waals surface area contributed by atoms with Gasteiger partial charge in [0.25, 0.3) is 0 Å². The van der Waals surface area contributed by atoms with E-state index >= 15 is 0 Å². The van der Waals surface area contributed by atoms with E-state index < -0.39 is 8.74 Å². The van der Waals surface area contributed by atoms with Crippen molar-refractivity contribution in [2.24, 2.45) is 0 Å². The van der Waals surface area contributed by atoms with E-state index in [1.165, 1.54) is 12.3 Å². The molecule has 0 aromatic carbocycles. The molecular formula is C4H5ClN2OS. The van der Waals surface area contributed by atoms with Crippen LogP contribution >= 0.6 is 10.7 Å². The number of hydrogen-bond acceptors (Lipinski definition) is 2. The molecule has 3 nitrogen and oxygen atoms in total. The average Bonchev–Trinajstić information content (AvgIpc) is 2.08. The van der Waals surface area contributed by atoms with Crippen LogP contribution in [0.1, 0.15) is 0 Å². The summed E-state index contributed by atoms with van der Waals surface area (Å²) in [6.07, 6.45) is 1.47. The molecule has 0 radical (unpaired) electrons. The molecule has 50 valence electrons. The second-order valence-electron chi connectivity index (χ2n) is 1.52. The molecule has 0 amide bonds. The van der Waals surface area contributed by atoms with Gasteiger partial charge >= 0.3 is 0 Å². The lowest BCUT2D eigenvalue weighted by Crippen LogP contribution is -1.88. The predicted molar refractivity (Wildman–Crippen MR) is 38.0 cm³/mol. The summed E-state index contributed by atoms with van der Waals surface area (Å²) in [5.74, 6) is 3.23. The molecule has 0 saturated heterocycles. The number of halogens is 1. The number of aromatic nitrogens is 2. The Bertz CT molecular complexity index is 276. The number of nitrogens with zero attached hydrogens (tertiary/aromatic N) is 1. The smallest absolute Gasteiger partial charge is 0.128 e. The fourth-order valence-corrected chi connectivity index (χ4v) is 1.12. The fraction of sp³-hybridized carbons (Fsp3) is 0. The third kappa shape index (κ3) is 1.46. The molecule has 0 aliphatic rings. The van der Waals surface area contributed by atoms with Gasteiger partial charge in [-0.3, -0.25) is 5.10 Å². The lowest BCUT2D eigenvalue weighted by atomic mass is 10.8. The van der Waals surface area contributed by atoms with E-state index in [9.17, 15) is 4.21 Å². The molecule has 1 atom stereocenters. The maximum absolute atomic E-state index is 10.8. The first-order valence-corrected chi connectivity index (χ1v) is 4.72. The Kier molecular flexibility index (Phi) is 1.50. The summed E-state index contributed by atoms with van der Waals surface area (Å²) in [6, 6.07) is 1.53. The zero-order chi connectivity index (χ0) is 6.91. The monoisotopic (exact) mass is 164 g/mol. The van der Waals surface area contributed by atoms with E-state index in [1.54, 1.807) is 0 Å². The summed E-state index contributed by atoms with van der Waals surface area (Å²) in [5, 5.41) is 6.38. The Labute approximate surface area is 57.5 Å². The summed E-state index contributed by atoms with van der Waals surface area (Å²) in [6.45, 7) is 0. The Hall–Kier alpha value is -0.480. The molecule has 1 N–H and O–H groups in total. The fourth-order valence-electron chi connectivity index (χ4n) is 0.413. The Balaban J connectivity index is 3.20. The van der Waals surface area contributed by atoms with Gasteiger partial charge in [-0.15, -0.1) is 0 Å². The van der Waals surface area contributed by atoms with Gasteiger partial charge in [-0.1, -0.05) is 0 Å². The van der Waals surface area contributed by atoms with Crippen LogP contribution in [0.2, 0.25) is 0 Å². The van der Waals surface area contributed by atoms with Crippen molar-refractivity contribution in [1.82, 2.24) is 10.2 Å². The van der Waals surface area contributed by atoms with Crippen LogP contribution in [-0.2, 0) is 8.74 Å². The van der Waals surface area contributed by atoms with Crippen molar-refractivity contribution in [1.29, 1.82) is 0 Å². The number of aromatic amines is 1. The molecule has 1 aromatic heterocycles. The van der Waals surface area contributed by atoms with Gasteiger partial charge in [-0.2, -0.15) is 5.10 Å². The van der Waals surface area contributed by atoms with Crippen LogP contribution in [0.4, 0.5) is 0 Å². The van der Waals surface area contributed by atoms with Crippen LogP contribution in [0.5, 0.6) is 0 Å². The second-order valence-corrected chi connectivity index (χ2v) is 4.64. The number of nitrogens with one attached hydrogen (secondary N) is 1. The maximum Gasteiger partial charge on any atom is 0.128 e. The lowest BCUT2D eigenvalue weighted by Gasteiger charge is -1.90. The SMILES string of the molecule is C=S(=O)(Cl)c1ccn[nH]1. The summed E-state index contributed by atoms with van der Waals surface area (Å²) in [4.78, 5) is 0. The van der Waals surface area contributed by atoms with Gasteiger partial charge in [0.15, 0.2) is 0 Å². The van der Waals surface area contributed by atoms with E-state index in [0.29, 0.717) is 5.03 Å². The van der Waals surface area contributed by atoms with Crippen molar-refractivity contribution in [2.75, 3.05) is 0 Å². The van der Waals surface area contributed by atoms with Crippen molar-refractivity contribution in [2.45, 2.75) is 5.03 Å². The van der Waals surface area contributed by atoms with Gasteiger partial charge in [0.05, 0.1) is 8.74 Å². The highest BCUT2D eigenvalue weighted by Crippen LogP contribution is 2.08. The summed E-state index contributed by atoms with van der Waals surface area (Å²) in [7, 11) is 2.74. The minimum atomic E-state index is -2.61. The Morgan fingerprint density at radius 3 is 2.78 bits per heavy atom. The van der Waals surface area contributed by atoms with Gasteiger partial charge in [0, 0.05) is 6.20 Å². The molecule has 0 bridgehead atoms. The highest BCUT2D eigenvalue weighted by atomic mass is 35.7. The van der Waals surface area contributed by atoms with E-state index in [4.69, 9.17) is 10.7 Å². The topological polar surface area (TPSA) is 45.8 Å². The minimum absolute atomic E-state index is 0.365. The molecule has 1 unspecified atom stereocenters. The van der Waals surface area contributed by atoms with Gasteiger partial charge in [0.1, 0.15) is 5.03 Å². The molecule has 0 spiro atoms. The lowest BCUT2D eigenvalue weighted by molar-refractivity contribution is 0.686. The van der Waals surface area contributed by atoms with Crippen LogP contribution in [-0.4, -0.2) is 20.3 Å². The maximum atomic E-state index is 10.8. The Morgan fingerprint density at radius 1 is 1.89 bits per heavy atom. The molecule has 0 aliphatic carbocycles. The molecule has 1 heterocycles. The van der Waals surface area contributed by atoms with Crippen LogP contribution in [0, 0.1) is 0 Å². The first kappa shape index (κ1) is 6.64. The highest BCUT2D eigenvalue weighted by molar-refractivity contribution is 8.20. The average molecular weight is 165 g/mol. The minimum Gasteiger partial charge on any atom is -0.269 e. The van der Waals surface area contributed by atoms with E-state index in [1.807, 2.05) is 0 Å². The van der Waals surface area contributed by atoms with Crippen LogP contribution in [0.3, 0.4) is 0 Å². The molecule has 9 heavy (non-hydrogen) atoms. The molecular weight excluding hydrogens is 160 g/mol. The van der Waals surface area contributed by atoms with Crippen molar-refractivity contribution in [3.63, 3.8) is 0 Å². The van der Waals surface area contributed by atoms with E-state index in [-0.39, 0.29) is 0 Å². The van der Waals surface area contributed by atoms with Gasteiger partial charge in [0.2, 0.25) is 0 Å². The van der Waals surface area contributed by atoms with Crippen LogP contribution < -0.4 is 0 Å². The molecule has 0 saturated carbocycles. The first-order valence-electron chi connectivity index (χ1n) is 2.17. The molecule has 5 heteroatoms. The van der Waals surface area contributed by atoms with E-state index in [2.05, 4.69) is 16.1 Å². The van der Waals surface area contributed by atoms with Crippen molar-refractivity contribution in [3.05, 3.63) is 12.3 Å². The number of rotatable bonds is 1. The molecule has 1 aromatic rings. The van der Waals surface area contributed by atoms with Crippen molar-refractivity contribution < 1.29 is 4.21 Å². The summed E-state index contributed by atoms with van der Waals surface area (Å²) in [5.41, 5.74) is 0. The van der Waals surface area contributed by atoms with Crippen LogP contribution in [0.15, 0.2) is 17.3 Å². The Morgan fingerprint density at radius 2 is 2.56 bits per heavy atom. The highest BCUT2D eigenvalue weighted by Gasteiger charge is 2.01. The quantitative estimate of drug-likeness (QED) is 0.489. The molecule has 1 rings (SSSR count). The van der Waals surface area contributed by atoms with Crippen molar-refractivity contribution >= 4 is 25.3 Å². The first-order chi connectivity index (χ1) is 4.11. The normalized spacial score (nSPS) is 17.0. The third-order valence-electron chi connectivity index (χ3n) is 0.804. The zero-order valence-corrected chi connectivity index (χ0v) is 6.08. The van der Waals surface area contributed by atoms with Gasteiger partial charge in [-0.05, 0) is 22.6 Å². The van der Waals surface area contributed by atoms with Gasteiger partial charge < -0.3 is 0 Å². The van der Waals surface area contributed by atoms with Crippen LogP contribution in [0.25, 0.3) is 0 Å². The van der Waals surface area contributed by atoms with Crippen molar-refractivity contribution in [3.8, 4) is 0 Å². The summed E-state index contributed by atoms with van der Waals surface area (Å²) >= 11 is 0.